The molecule has 2 aromatic rings. The number of anilines is 1. The van der Waals surface area contributed by atoms with E-state index in [9.17, 15) is 4.79 Å². The van der Waals surface area contributed by atoms with Gasteiger partial charge in [0.25, 0.3) is 0 Å². The fourth-order valence-electron chi connectivity index (χ4n) is 2.57. The number of carbonyl (C=O) groups excluding carboxylic acids is 1. The average molecular weight is 317 g/mol. The number of benzene rings is 1. The second-order valence-corrected chi connectivity index (χ2v) is 6.28. The highest BCUT2D eigenvalue weighted by molar-refractivity contribution is 7.09. The van der Waals surface area contributed by atoms with Crippen LogP contribution in [0.5, 0.6) is 5.75 Å². The van der Waals surface area contributed by atoms with Crippen LogP contribution in [0.1, 0.15) is 10.7 Å². The number of aryl methyl sites for hydroxylation is 1. The van der Waals surface area contributed by atoms with Gasteiger partial charge in [0.05, 0.1) is 20.2 Å². The monoisotopic (exact) mass is 317 g/mol. The van der Waals surface area contributed by atoms with E-state index in [4.69, 9.17) is 4.74 Å². The van der Waals surface area contributed by atoms with Crippen molar-refractivity contribution in [2.75, 3.05) is 31.6 Å². The molecule has 0 bridgehead atoms. The van der Waals surface area contributed by atoms with Crippen LogP contribution in [0.4, 0.5) is 5.69 Å². The molecule has 2 heterocycles. The number of piperazine rings is 1. The SMILES string of the molecule is COc1cccc(N2CCN(Cc3nc(C)cs3)CC2=O)c1. The Balaban J connectivity index is 1.65. The minimum atomic E-state index is 0.118. The lowest BCUT2D eigenvalue weighted by molar-refractivity contribution is -0.121. The Bertz CT molecular complexity index is 671. The van der Waals surface area contributed by atoms with Crippen molar-refractivity contribution in [3.63, 3.8) is 0 Å². The van der Waals surface area contributed by atoms with Crippen LogP contribution in [0.25, 0.3) is 0 Å². The molecule has 22 heavy (non-hydrogen) atoms. The van der Waals surface area contributed by atoms with Gasteiger partial charge < -0.3 is 9.64 Å². The molecule has 0 unspecified atom stereocenters. The van der Waals surface area contributed by atoms with E-state index >= 15 is 0 Å². The highest BCUT2D eigenvalue weighted by Crippen LogP contribution is 2.23. The van der Waals surface area contributed by atoms with Crippen molar-refractivity contribution < 1.29 is 9.53 Å². The number of aromatic nitrogens is 1. The molecule has 3 rings (SSSR count). The van der Waals surface area contributed by atoms with Crippen LogP contribution in [0.3, 0.4) is 0 Å². The lowest BCUT2D eigenvalue weighted by Crippen LogP contribution is -2.50. The van der Waals surface area contributed by atoms with Crippen LogP contribution in [0.2, 0.25) is 0 Å². The number of nitrogens with zero attached hydrogens (tertiary/aromatic N) is 3. The van der Waals surface area contributed by atoms with Gasteiger partial charge in [-0.25, -0.2) is 4.98 Å². The van der Waals surface area contributed by atoms with E-state index in [0.29, 0.717) is 13.1 Å². The van der Waals surface area contributed by atoms with Gasteiger partial charge in [0, 0.05) is 35.9 Å². The zero-order valence-corrected chi connectivity index (χ0v) is 13.6. The Hall–Kier alpha value is -1.92. The molecule has 1 aliphatic heterocycles. The first-order valence-electron chi connectivity index (χ1n) is 7.23. The average Bonchev–Trinajstić information content (AvgIpc) is 2.92. The molecule has 0 radical (unpaired) electrons. The van der Waals surface area contributed by atoms with Gasteiger partial charge >= 0.3 is 0 Å². The Kier molecular flexibility index (Phi) is 4.40. The molecule has 0 N–H and O–H groups in total. The van der Waals surface area contributed by atoms with Gasteiger partial charge in [-0.2, -0.15) is 0 Å². The summed E-state index contributed by atoms with van der Waals surface area (Å²) < 4.78 is 5.23. The molecular weight excluding hydrogens is 298 g/mol. The molecule has 1 amide bonds. The maximum absolute atomic E-state index is 12.4. The third-order valence-corrected chi connectivity index (χ3v) is 4.64. The second-order valence-electron chi connectivity index (χ2n) is 5.34. The van der Waals surface area contributed by atoms with Crippen molar-refractivity contribution in [2.24, 2.45) is 0 Å². The van der Waals surface area contributed by atoms with E-state index in [1.165, 1.54) is 0 Å². The smallest absolute Gasteiger partial charge is 0.241 e. The van der Waals surface area contributed by atoms with E-state index in [1.54, 1.807) is 18.4 Å². The molecular formula is C16H19N3O2S. The molecule has 1 aromatic carbocycles. The fraction of sp³-hybridized carbons (Fsp3) is 0.375. The molecule has 0 spiro atoms. The molecule has 5 nitrogen and oxygen atoms in total. The van der Waals surface area contributed by atoms with Gasteiger partial charge in [-0.3, -0.25) is 9.69 Å². The number of hydrogen-bond donors (Lipinski definition) is 0. The standard InChI is InChI=1S/C16H19N3O2S/c1-12-11-22-15(17-12)9-18-6-7-19(16(20)10-18)13-4-3-5-14(8-13)21-2/h3-5,8,11H,6-7,9-10H2,1-2H3. The molecule has 1 saturated heterocycles. The van der Waals surface area contributed by atoms with E-state index in [1.807, 2.05) is 41.5 Å². The molecule has 1 aliphatic rings. The first-order valence-corrected chi connectivity index (χ1v) is 8.11. The van der Waals surface area contributed by atoms with Crippen LogP contribution in [-0.4, -0.2) is 42.5 Å². The van der Waals surface area contributed by atoms with Crippen molar-refractivity contribution in [2.45, 2.75) is 13.5 Å². The van der Waals surface area contributed by atoms with Crippen LogP contribution >= 0.6 is 11.3 Å². The van der Waals surface area contributed by atoms with Gasteiger partial charge in [-0.1, -0.05) is 6.07 Å². The molecule has 1 aromatic heterocycles. The number of hydrogen-bond acceptors (Lipinski definition) is 5. The van der Waals surface area contributed by atoms with Crippen molar-refractivity contribution >= 4 is 22.9 Å². The largest absolute Gasteiger partial charge is 0.497 e. The maximum Gasteiger partial charge on any atom is 0.241 e. The summed E-state index contributed by atoms with van der Waals surface area (Å²) in [6, 6.07) is 7.64. The molecule has 6 heteroatoms. The highest BCUT2D eigenvalue weighted by atomic mass is 32.1. The van der Waals surface area contributed by atoms with Crippen LogP contribution in [0.15, 0.2) is 29.6 Å². The Morgan fingerprint density at radius 3 is 2.91 bits per heavy atom. The Morgan fingerprint density at radius 1 is 1.36 bits per heavy atom. The van der Waals surface area contributed by atoms with Gasteiger partial charge in [0.1, 0.15) is 10.8 Å². The third kappa shape index (κ3) is 3.28. The van der Waals surface area contributed by atoms with Gasteiger partial charge in [0.15, 0.2) is 0 Å². The molecule has 0 atom stereocenters. The van der Waals surface area contributed by atoms with Crippen molar-refractivity contribution in [3.05, 3.63) is 40.3 Å². The maximum atomic E-state index is 12.4. The third-order valence-electron chi connectivity index (χ3n) is 3.69. The van der Waals surface area contributed by atoms with Crippen LogP contribution in [0, 0.1) is 6.92 Å². The number of amides is 1. The summed E-state index contributed by atoms with van der Waals surface area (Å²) in [6.45, 7) is 4.70. The summed E-state index contributed by atoms with van der Waals surface area (Å²) in [5.41, 5.74) is 1.94. The highest BCUT2D eigenvalue weighted by Gasteiger charge is 2.25. The number of rotatable bonds is 4. The topological polar surface area (TPSA) is 45.7 Å². The molecule has 116 valence electrons. The molecule has 1 fully saturated rings. The number of carbonyl (C=O) groups is 1. The minimum absolute atomic E-state index is 0.118. The Morgan fingerprint density at radius 2 is 2.23 bits per heavy atom. The summed E-state index contributed by atoms with van der Waals surface area (Å²) in [7, 11) is 1.63. The van der Waals surface area contributed by atoms with Gasteiger partial charge in [-0.05, 0) is 19.1 Å². The summed E-state index contributed by atoms with van der Waals surface area (Å²) in [5.74, 6) is 0.888. The second kappa shape index (κ2) is 6.46. The zero-order valence-electron chi connectivity index (χ0n) is 12.8. The van der Waals surface area contributed by atoms with Crippen LogP contribution in [-0.2, 0) is 11.3 Å². The normalized spacial score (nSPS) is 16.1. The van der Waals surface area contributed by atoms with E-state index in [2.05, 4.69) is 9.88 Å². The van der Waals surface area contributed by atoms with Gasteiger partial charge in [0.2, 0.25) is 5.91 Å². The predicted octanol–water partition coefficient (Wildman–Crippen LogP) is 2.31. The fourth-order valence-corrected chi connectivity index (χ4v) is 3.39. The van der Waals surface area contributed by atoms with Crippen molar-refractivity contribution in [3.8, 4) is 5.75 Å². The zero-order chi connectivity index (χ0) is 15.5. The first kappa shape index (κ1) is 15.0. The quantitative estimate of drug-likeness (QED) is 0.868. The molecule has 0 saturated carbocycles. The summed E-state index contributed by atoms with van der Waals surface area (Å²) in [5, 5.41) is 3.11. The number of methoxy groups -OCH3 is 1. The number of thiazole rings is 1. The minimum Gasteiger partial charge on any atom is -0.497 e. The van der Waals surface area contributed by atoms with Crippen LogP contribution < -0.4 is 9.64 Å². The summed E-state index contributed by atoms with van der Waals surface area (Å²) in [6.07, 6.45) is 0. The van der Waals surface area contributed by atoms with E-state index in [-0.39, 0.29) is 5.91 Å². The van der Waals surface area contributed by atoms with E-state index < -0.39 is 0 Å². The summed E-state index contributed by atoms with van der Waals surface area (Å²) >= 11 is 1.65. The van der Waals surface area contributed by atoms with Crippen molar-refractivity contribution in [1.29, 1.82) is 0 Å². The lowest BCUT2D eigenvalue weighted by atomic mass is 10.2. The first-order chi connectivity index (χ1) is 10.7. The van der Waals surface area contributed by atoms with Crippen molar-refractivity contribution in [1.82, 2.24) is 9.88 Å². The number of ether oxygens (including phenoxy) is 1. The van der Waals surface area contributed by atoms with Gasteiger partial charge in [-0.15, -0.1) is 11.3 Å². The Labute approximate surface area is 134 Å². The summed E-state index contributed by atoms with van der Waals surface area (Å²) in [4.78, 5) is 20.9. The molecule has 0 aliphatic carbocycles. The lowest BCUT2D eigenvalue weighted by Gasteiger charge is -2.34. The predicted molar refractivity (Wildman–Crippen MR) is 87.5 cm³/mol. The van der Waals surface area contributed by atoms with E-state index in [0.717, 1.165) is 35.2 Å².